The van der Waals surface area contributed by atoms with Crippen molar-refractivity contribution < 1.29 is 9.59 Å². The maximum Gasteiger partial charge on any atom is 0.291 e. The van der Waals surface area contributed by atoms with Crippen LogP contribution in [0, 0.1) is 0 Å². The number of carbonyl (C=O) groups excluding carboxylic acids is 2. The molecule has 0 fully saturated rings. The maximum atomic E-state index is 12.0. The van der Waals surface area contributed by atoms with E-state index in [0.717, 1.165) is 34.9 Å². The summed E-state index contributed by atoms with van der Waals surface area (Å²) in [5, 5.41) is 2.67. The van der Waals surface area contributed by atoms with Crippen LogP contribution in [0.2, 0.25) is 0 Å². The third-order valence-corrected chi connectivity index (χ3v) is 4.38. The normalized spacial score (nSPS) is 10.5. The lowest BCUT2D eigenvalue weighted by atomic mass is 10.1. The lowest BCUT2D eigenvalue weighted by molar-refractivity contribution is -0.134. The van der Waals surface area contributed by atoms with Crippen LogP contribution in [0.4, 0.5) is 5.69 Å². The first-order chi connectivity index (χ1) is 12.1. The van der Waals surface area contributed by atoms with Gasteiger partial charge in [-0.3, -0.25) is 14.6 Å². The molecule has 0 atom stereocenters. The standard InChI is InChI=1S/C20H23BrN2O2/c1-2-3-4-5-6-7-19(24)20(25)23-18-10-8-15(9-11-18)16-12-17(21)14-22-13-16/h8-14H,2-7H2,1H3,(H,23,25). The molecule has 1 aromatic heterocycles. The van der Waals surface area contributed by atoms with Crippen molar-refractivity contribution >= 4 is 33.3 Å². The van der Waals surface area contributed by atoms with Gasteiger partial charge in [-0.05, 0) is 46.1 Å². The Balaban J connectivity index is 1.86. The number of amides is 1. The van der Waals surface area contributed by atoms with E-state index < -0.39 is 5.91 Å². The summed E-state index contributed by atoms with van der Waals surface area (Å²) in [5.41, 5.74) is 2.60. The molecule has 4 nitrogen and oxygen atoms in total. The predicted molar refractivity (Wildman–Crippen MR) is 104 cm³/mol. The lowest BCUT2D eigenvalue weighted by Gasteiger charge is -2.06. The highest BCUT2D eigenvalue weighted by Crippen LogP contribution is 2.23. The summed E-state index contributed by atoms with van der Waals surface area (Å²) in [7, 11) is 0. The van der Waals surface area contributed by atoms with E-state index in [4.69, 9.17) is 0 Å². The Morgan fingerprint density at radius 2 is 1.72 bits per heavy atom. The largest absolute Gasteiger partial charge is 0.319 e. The van der Waals surface area contributed by atoms with Crippen LogP contribution in [0.25, 0.3) is 11.1 Å². The van der Waals surface area contributed by atoms with E-state index in [9.17, 15) is 9.59 Å². The zero-order valence-electron chi connectivity index (χ0n) is 14.4. The number of ketones is 1. The van der Waals surface area contributed by atoms with Crippen molar-refractivity contribution in [2.75, 3.05) is 5.32 Å². The van der Waals surface area contributed by atoms with Crippen molar-refractivity contribution in [1.82, 2.24) is 4.98 Å². The van der Waals surface area contributed by atoms with Crippen molar-refractivity contribution in [2.45, 2.75) is 45.4 Å². The van der Waals surface area contributed by atoms with Crippen LogP contribution in [0.1, 0.15) is 45.4 Å². The van der Waals surface area contributed by atoms with Gasteiger partial charge in [0, 0.05) is 34.5 Å². The van der Waals surface area contributed by atoms with Crippen molar-refractivity contribution in [3.63, 3.8) is 0 Å². The van der Waals surface area contributed by atoms with Gasteiger partial charge in [0.05, 0.1) is 0 Å². The zero-order chi connectivity index (χ0) is 18.1. The highest BCUT2D eigenvalue weighted by Gasteiger charge is 2.13. The molecule has 0 spiro atoms. The minimum Gasteiger partial charge on any atom is -0.319 e. The minimum atomic E-state index is -0.535. The second-order valence-electron chi connectivity index (χ2n) is 6.01. The van der Waals surface area contributed by atoms with E-state index in [2.05, 4.69) is 33.2 Å². The molecule has 2 rings (SSSR count). The van der Waals surface area contributed by atoms with Crippen LogP contribution in [0.5, 0.6) is 0 Å². The Labute approximate surface area is 157 Å². The molecule has 0 saturated heterocycles. The highest BCUT2D eigenvalue weighted by molar-refractivity contribution is 9.10. The molecule has 0 aliphatic carbocycles. The minimum absolute atomic E-state index is 0.317. The molecule has 5 heteroatoms. The van der Waals surface area contributed by atoms with Crippen LogP contribution >= 0.6 is 15.9 Å². The first kappa shape index (κ1) is 19.3. The van der Waals surface area contributed by atoms with E-state index in [1.54, 1.807) is 24.5 Å². The quantitative estimate of drug-likeness (QED) is 0.452. The summed E-state index contributed by atoms with van der Waals surface area (Å²) >= 11 is 3.40. The molecule has 0 bridgehead atoms. The summed E-state index contributed by atoms with van der Waals surface area (Å²) in [5.74, 6) is -0.885. The van der Waals surface area contributed by atoms with E-state index in [-0.39, 0.29) is 5.78 Å². The Hall–Kier alpha value is -2.01. The fourth-order valence-corrected chi connectivity index (χ4v) is 2.88. The van der Waals surface area contributed by atoms with Gasteiger partial charge < -0.3 is 5.32 Å². The average molecular weight is 403 g/mol. The summed E-state index contributed by atoms with van der Waals surface area (Å²) in [6.07, 6.45) is 9.07. The first-order valence-corrected chi connectivity index (χ1v) is 9.44. The molecule has 132 valence electrons. The van der Waals surface area contributed by atoms with Crippen molar-refractivity contribution in [3.8, 4) is 11.1 Å². The lowest BCUT2D eigenvalue weighted by Crippen LogP contribution is -2.22. The van der Waals surface area contributed by atoms with E-state index >= 15 is 0 Å². The van der Waals surface area contributed by atoms with Crippen LogP contribution < -0.4 is 5.32 Å². The molecule has 0 aliphatic rings. The smallest absolute Gasteiger partial charge is 0.291 e. The number of benzene rings is 1. The molecule has 25 heavy (non-hydrogen) atoms. The third-order valence-electron chi connectivity index (χ3n) is 3.94. The second-order valence-corrected chi connectivity index (χ2v) is 6.93. The van der Waals surface area contributed by atoms with Gasteiger partial charge in [0.1, 0.15) is 0 Å². The molecule has 1 aromatic carbocycles. The van der Waals surface area contributed by atoms with E-state index in [1.807, 2.05) is 18.2 Å². The number of hydrogen-bond acceptors (Lipinski definition) is 3. The highest BCUT2D eigenvalue weighted by atomic mass is 79.9. The molecule has 0 aliphatic heterocycles. The molecule has 2 aromatic rings. The number of unbranched alkanes of at least 4 members (excludes halogenated alkanes) is 4. The van der Waals surface area contributed by atoms with Gasteiger partial charge in [0.2, 0.25) is 5.78 Å². The molecule has 1 N–H and O–H groups in total. The van der Waals surface area contributed by atoms with Crippen molar-refractivity contribution in [1.29, 1.82) is 0 Å². The van der Waals surface area contributed by atoms with Gasteiger partial charge in [-0.15, -0.1) is 0 Å². The zero-order valence-corrected chi connectivity index (χ0v) is 16.0. The number of halogens is 1. The molecule has 0 saturated carbocycles. The first-order valence-electron chi connectivity index (χ1n) is 8.65. The van der Waals surface area contributed by atoms with Gasteiger partial charge in [0.15, 0.2) is 0 Å². The second kappa shape index (κ2) is 10.1. The number of aromatic nitrogens is 1. The molecule has 1 amide bonds. The number of carbonyl (C=O) groups is 2. The van der Waals surface area contributed by atoms with Gasteiger partial charge >= 0.3 is 0 Å². The van der Waals surface area contributed by atoms with Crippen LogP contribution in [-0.2, 0) is 9.59 Å². The third kappa shape index (κ3) is 6.42. The number of anilines is 1. The fraction of sp³-hybridized carbons (Fsp3) is 0.350. The number of hydrogen-bond donors (Lipinski definition) is 1. The number of pyridine rings is 1. The summed E-state index contributed by atoms with van der Waals surface area (Å²) < 4.78 is 0.909. The molecular weight excluding hydrogens is 380 g/mol. The van der Waals surface area contributed by atoms with Gasteiger partial charge in [0.25, 0.3) is 5.91 Å². The van der Waals surface area contributed by atoms with Gasteiger partial charge in [-0.2, -0.15) is 0 Å². The Morgan fingerprint density at radius 1 is 1.00 bits per heavy atom. The van der Waals surface area contributed by atoms with Crippen molar-refractivity contribution in [2.24, 2.45) is 0 Å². The van der Waals surface area contributed by atoms with Gasteiger partial charge in [-0.25, -0.2) is 0 Å². The van der Waals surface area contributed by atoms with Crippen LogP contribution in [0.3, 0.4) is 0 Å². The average Bonchev–Trinajstić information content (AvgIpc) is 2.62. The predicted octanol–water partition coefficient (Wildman–Crippen LogP) is 5.38. The number of rotatable bonds is 9. The molecule has 0 radical (unpaired) electrons. The monoisotopic (exact) mass is 402 g/mol. The summed E-state index contributed by atoms with van der Waals surface area (Å²) in [6, 6.07) is 9.36. The Morgan fingerprint density at radius 3 is 2.40 bits per heavy atom. The van der Waals surface area contributed by atoms with Crippen LogP contribution in [-0.4, -0.2) is 16.7 Å². The van der Waals surface area contributed by atoms with Gasteiger partial charge in [-0.1, -0.05) is 44.7 Å². The Kier molecular flexibility index (Phi) is 7.79. The van der Waals surface area contributed by atoms with E-state index in [1.165, 1.54) is 12.8 Å². The fourth-order valence-electron chi connectivity index (χ4n) is 2.52. The molecule has 1 heterocycles. The van der Waals surface area contributed by atoms with E-state index in [0.29, 0.717) is 12.1 Å². The topological polar surface area (TPSA) is 59.1 Å². The maximum absolute atomic E-state index is 12.0. The number of Topliss-reactive ketones (excluding diaryl/α,β-unsaturated/α-hetero) is 1. The number of nitrogens with one attached hydrogen (secondary N) is 1. The van der Waals surface area contributed by atoms with Crippen LogP contribution in [0.15, 0.2) is 47.2 Å². The summed E-state index contributed by atoms with van der Waals surface area (Å²) in [4.78, 5) is 28.0. The molecule has 0 unspecified atom stereocenters. The molecular formula is C20H23BrN2O2. The SMILES string of the molecule is CCCCCCCC(=O)C(=O)Nc1ccc(-c2cncc(Br)c2)cc1. The summed E-state index contributed by atoms with van der Waals surface area (Å²) in [6.45, 7) is 2.15. The Bertz CT molecular complexity index is 714. The number of nitrogens with zero attached hydrogens (tertiary/aromatic N) is 1. The van der Waals surface area contributed by atoms with Crippen molar-refractivity contribution in [3.05, 3.63) is 47.2 Å².